The van der Waals surface area contributed by atoms with Crippen LogP contribution in [0.5, 0.6) is 0 Å². The molecule has 0 bridgehead atoms. The number of hydrogen-bond acceptors (Lipinski definition) is 7. The summed E-state index contributed by atoms with van der Waals surface area (Å²) in [4.78, 5) is 15.4. The van der Waals surface area contributed by atoms with Gasteiger partial charge in [-0.1, -0.05) is 0 Å². The van der Waals surface area contributed by atoms with E-state index in [2.05, 4.69) is 15.0 Å². The van der Waals surface area contributed by atoms with Gasteiger partial charge in [-0.15, -0.1) is 11.3 Å². The molecule has 4 heterocycles. The van der Waals surface area contributed by atoms with Crippen molar-refractivity contribution >= 4 is 39.3 Å². The molecule has 1 atom stereocenters. The number of nitrogens with zero attached hydrogens (tertiary/aromatic N) is 4. The van der Waals surface area contributed by atoms with Crippen LogP contribution in [0.3, 0.4) is 0 Å². The maximum Gasteiger partial charge on any atom is 0.170 e. The van der Waals surface area contributed by atoms with Crippen molar-refractivity contribution in [2.45, 2.75) is 19.0 Å². The zero-order valence-electron chi connectivity index (χ0n) is 14.6. The van der Waals surface area contributed by atoms with E-state index in [1.54, 1.807) is 12.4 Å². The quantitative estimate of drug-likeness (QED) is 0.672. The van der Waals surface area contributed by atoms with Gasteiger partial charge in [-0.3, -0.25) is 0 Å². The highest BCUT2D eigenvalue weighted by molar-refractivity contribution is 7.21. The summed E-state index contributed by atoms with van der Waals surface area (Å²) in [6.45, 7) is 1.24. The topological polar surface area (TPSA) is 91.8 Å². The molecular formula is C19H19FN6S. The molecule has 0 radical (unpaired) electrons. The predicted molar refractivity (Wildman–Crippen MR) is 108 cm³/mol. The maximum atomic E-state index is 13.6. The number of rotatable bonds is 4. The van der Waals surface area contributed by atoms with Crippen molar-refractivity contribution in [3.63, 3.8) is 0 Å². The van der Waals surface area contributed by atoms with Gasteiger partial charge in [0.25, 0.3) is 0 Å². The molecule has 1 aliphatic heterocycles. The molecule has 1 fully saturated rings. The van der Waals surface area contributed by atoms with Gasteiger partial charge in [0.15, 0.2) is 5.65 Å². The Kier molecular flexibility index (Phi) is 4.81. The third-order valence-electron chi connectivity index (χ3n) is 4.60. The summed E-state index contributed by atoms with van der Waals surface area (Å²) in [6, 6.07) is 5.82. The van der Waals surface area contributed by atoms with E-state index in [1.807, 2.05) is 23.1 Å². The summed E-state index contributed by atoms with van der Waals surface area (Å²) in [5, 5.41) is 8.24. The van der Waals surface area contributed by atoms with Crippen LogP contribution in [-0.2, 0) is 0 Å². The van der Waals surface area contributed by atoms with E-state index in [0.29, 0.717) is 24.2 Å². The van der Waals surface area contributed by atoms with Gasteiger partial charge in [0, 0.05) is 48.1 Å². The van der Waals surface area contributed by atoms with Crippen LogP contribution >= 0.6 is 11.3 Å². The first-order valence-corrected chi connectivity index (χ1v) is 9.54. The van der Waals surface area contributed by atoms with Crippen LogP contribution in [0.1, 0.15) is 18.4 Å². The smallest absolute Gasteiger partial charge is 0.170 e. The number of halogens is 1. The highest BCUT2D eigenvalue weighted by atomic mass is 32.1. The molecule has 3 aromatic heterocycles. The number of aromatic nitrogens is 3. The maximum absolute atomic E-state index is 13.6. The second-order valence-electron chi connectivity index (χ2n) is 6.42. The third kappa shape index (κ3) is 3.52. The fourth-order valence-corrected chi connectivity index (χ4v) is 4.12. The van der Waals surface area contributed by atoms with Crippen LogP contribution < -0.4 is 10.6 Å². The lowest BCUT2D eigenvalue weighted by Crippen LogP contribution is -2.36. The fourth-order valence-electron chi connectivity index (χ4n) is 3.16. The van der Waals surface area contributed by atoms with Gasteiger partial charge in [0.05, 0.1) is 11.2 Å². The van der Waals surface area contributed by atoms with E-state index in [4.69, 9.17) is 11.1 Å². The number of pyridine rings is 2. The largest absolute Gasteiger partial charge is 0.404 e. The Hall–Kier alpha value is -2.87. The van der Waals surface area contributed by atoms with Gasteiger partial charge in [-0.25, -0.2) is 19.3 Å². The van der Waals surface area contributed by atoms with E-state index in [-0.39, 0.29) is 0 Å². The van der Waals surface area contributed by atoms with Gasteiger partial charge in [-0.2, -0.15) is 0 Å². The first kappa shape index (κ1) is 17.5. The van der Waals surface area contributed by atoms with Gasteiger partial charge >= 0.3 is 0 Å². The third-order valence-corrected chi connectivity index (χ3v) is 5.64. The lowest BCUT2D eigenvalue weighted by molar-refractivity contribution is 0.286. The van der Waals surface area contributed by atoms with E-state index in [9.17, 15) is 4.39 Å². The van der Waals surface area contributed by atoms with E-state index >= 15 is 0 Å². The standard InChI is InChI=1S/C19H19FN6S/c20-15-2-1-5-26(11-15)17-4-3-12(9-23-17)19-25-18-16(27-19)6-13(10-24-18)14(7-21)8-22/h3-4,6-10,15,21H,1-2,5,11,22H2/b14-8+,21-7?/t15-/m1/s1. The van der Waals surface area contributed by atoms with Crippen molar-refractivity contribution in [2.24, 2.45) is 5.73 Å². The van der Waals surface area contributed by atoms with Gasteiger partial charge in [0.2, 0.25) is 0 Å². The summed E-state index contributed by atoms with van der Waals surface area (Å²) >= 11 is 1.51. The molecule has 1 aliphatic rings. The average Bonchev–Trinajstić information content (AvgIpc) is 3.13. The van der Waals surface area contributed by atoms with Crippen LogP contribution in [0.2, 0.25) is 0 Å². The summed E-state index contributed by atoms with van der Waals surface area (Å²) in [5.74, 6) is 0.798. The molecule has 0 saturated carbocycles. The molecule has 0 amide bonds. The Morgan fingerprint density at radius 2 is 2.22 bits per heavy atom. The second-order valence-corrected chi connectivity index (χ2v) is 7.45. The number of nitrogens with two attached hydrogens (primary N) is 1. The van der Waals surface area contributed by atoms with E-state index in [0.717, 1.165) is 39.6 Å². The minimum absolute atomic E-state index is 0.407. The fraction of sp³-hybridized carbons (Fsp3) is 0.263. The van der Waals surface area contributed by atoms with Crippen molar-refractivity contribution in [3.8, 4) is 10.6 Å². The van der Waals surface area contributed by atoms with E-state index in [1.165, 1.54) is 23.8 Å². The van der Waals surface area contributed by atoms with Crippen molar-refractivity contribution < 1.29 is 4.39 Å². The number of alkyl halides is 1. The number of nitrogens with one attached hydrogen (secondary N) is 1. The minimum atomic E-state index is -0.779. The number of fused-ring (bicyclic) bond motifs is 1. The Labute approximate surface area is 160 Å². The number of allylic oxidation sites excluding steroid dienone is 1. The van der Waals surface area contributed by atoms with Crippen LogP contribution in [0, 0.1) is 5.41 Å². The van der Waals surface area contributed by atoms with Gasteiger partial charge in [0.1, 0.15) is 17.0 Å². The van der Waals surface area contributed by atoms with Crippen LogP contribution in [-0.4, -0.2) is 40.4 Å². The highest BCUT2D eigenvalue weighted by Gasteiger charge is 2.20. The molecule has 8 heteroatoms. The molecule has 27 heavy (non-hydrogen) atoms. The molecule has 0 aliphatic carbocycles. The second kappa shape index (κ2) is 7.40. The van der Waals surface area contributed by atoms with Crippen molar-refractivity contribution in [1.29, 1.82) is 5.41 Å². The molecule has 138 valence electrons. The molecule has 4 rings (SSSR count). The van der Waals surface area contributed by atoms with Crippen molar-refractivity contribution in [2.75, 3.05) is 18.0 Å². The van der Waals surface area contributed by atoms with E-state index < -0.39 is 6.17 Å². The number of anilines is 1. The first-order chi connectivity index (χ1) is 13.2. The van der Waals surface area contributed by atoms with Crippen LogP contribution in [0.4, 0.5) is 10.2 Å². The summed E-state index contributed by atoms with van der Waals surface area (Å²) in [7, 11) is 0. The van der Waals surface area contributed by atoms with Gasteiger partial charge < -0.3 is 16.0 Å². The minimum Gasteiger partial charge on any atom is -0.404 e. The Morgan fingerprint density at radius 1 is 1.33 bits per heavy atom. The summed E-state index contributed by atoms with van der Waals surface area (Å²) in [5.41, 5.74) is 8.50. The highest BCUT2D eigenvalue weighted by Crippen LogP contribution is 2.31. The normalized spacial score (nSPS) is 18.0. The number of piperidine rings is 1. The Morgan fingerprint density at radius 3 is 2.93 bits per heavy atom. The van der Waals surface area contributed by atoms with Crippen molar-refractivity contribution in [1.82, 2.24) is 15.0 Å². The van der Waals surface area contributed by atoms with Gasteiger partial charge in [-0.05, 0) is 31.0 Å². The zero-order valence-corrected chi connectivity index (χ0v) is 15.4. The molecule has 3 N–H and O–H groups in total. The molecule has 0 aromatic carbocycles. The van der Waals surface area contributed by atoms with Crippen LogP contribution in [0.25, 0.3) is 26.5 Å². The molecule has 1 saturated heterocycles. The molecular weight excluding hydrogens is 363 g/mol. The SMILES string of the molecule is N=C/C(=C\N)c1cnc2nc(-c3ccc(N4CCC[C@@H](F)C4)nc3)sc2c1. The molecule has 0 unspecified atom stereocenters. The Balaban J connectivity index is 1.61. The molecule has 0 spiro atoms. The lowest BCUT2D eigenvalue weighted by atomic mass is 10.1. The van der Waals surface area contributed by atoms with Crippen molar-refractivity contribution in [3.05, 3.63) is 42.4 Å². The Bertz CT molecular complexity index is 997. The average molecular weight is 382 g/mol. The molecule has 6 nitrogen and oxygen atoms in total. The zero-order chi connectivity index (χ0) is 18.8. The monoisotopic (exact) mass is 382 g/mol. The molecule has 3 aromatic rings. The summed E-state index contributed by atoms with van der Waals surface area (Å²) < 4.78 is 14.5. The lowest BCUT2D eigenvalue weighted by Gasteiger charge is -2.29. The number of thiazole rings is 1. The predicted octanol–water partition coefficient (Wildman–Crippen LogP) is 3.64. The summed E-state index contributed by atoms with van der Waals surface area (Å²) in [6.07, 6.45) is 6.75. The van der Waals surface area contributed by atoms with Crippen LogP contribution in [0.15, 0.2) is 36.8 Å². The number of hydrogen-bond donors (Lipinski definition) is 2. The first-order valence-electron chi connectivity index (χ1n) is 8.72.